The summed E-state index contributed by atoms with van der Waals surface area (Å²) < 4.78 is 13.8. The molecule has 9 heteroatoms. The number of benzene rings is 4. The van der Waals surface area contributed by atoms with Gasteiger partial charge in [-0.2, -0.15) is 5.10 Å². The second-order valence-electron chi connectivity index (χ2n) is 10.4. The molecule has 8 nitrogen and oxygen atoms in total. The summed E-state index contributed by atoms with van der Waals surface area (Å²) in [4.78, 5) is 54.5. The van der Waals surface area contributed by atoms with Gasteiger partial charge in [-0.25, -0.2) is 4.39 Å². The topological polar surface area (TPSA) is 110 Å². The third-order valence-electron chi connectivity index (χ3n) is 8.44. The van der Waals surface area contributed by atoms with E-state index in [1.165, 1.54) is 53.5 Å². The quantitative estimate of drug-likeness (QED) is 0.144. The zero-order chi connectivity index (χ0) is 28.5. The molecular formula is C32H20FN3O5. The highest BCUT2D eigenvalue weighted by atomic mass is 19.1. The molecule has 1 saturated heterocycles. The molecule has 0 radical (unpaired) electrons. The lowest BCUT2D eigenvalue weighted by Gasteiger charge is -2.36. The molecule has 200 valence electrons. The van der Waals surface area contributed by atoms with Gasteiger partial charge in [0.25, 0.3) is 5.69 Å². The van der Waals surface area contributed by atoms with E-state index in [4.69, 9.17) is 0 Å². The number of nitro benzene ring substituents is 1. The zero-order valence-corrected chi connectivity index (χ0v) is 21.3. The highest BCUT2D eigenvalue weighted by molar-refractivity contribution is 6.31. The molecule has 2 heterocycles. The fraction of sp³-hybridized carbons (Fsp3) is 0.125. The van der Waals surface area contributed by atoms with Crippen LogP contribution in [0.25, 0.3) is 0 Å². The van der Waals surface area contributed by atoms with E-state index in [1.807, 2.05) is 18.2 Å². The summed E-state index contributed by atoms with van der Waals surface area (Å²) in [5.74, 6) is -2.91. The number of fused-ring (bicyclic) bond motifs is 5. The number of nitrogens with zero attached hydrogens (tertiary/aromatic N) is 3. The number of hydrogen-bond acceptors (Lipinski definition) is 7. The summed E-state index contributed by atoms with van der Waals surface area (Å²) in [6.07, 6.45) is 1.60. The molecule has 4 aromatic carbocycles. The van der Waals surface area contributed by atoms with Crippen molar-refractivity contribution in [3.05, 3.63) is 146 Å². The first kappa shape index (κ1) is 24.7. The fourth-order valence-corrected chi connectivity index (χ4v) is 6.74. The van der Waals surface area contributed by atoms with Crippen LogP contribution in [0.1, 0.15) is 59.7 Å². The lowest BCUT2D eigenvalue weighted by atomic mass is 9.63. The van der Waals surface area contributed by atoms with Gasteiger partial charge in [0.05, 0.1) is 17.2 Å². The minimum Gasteiger partial charge on any atom is -0.293 e. The fourth-order valence-electron chi connectivity index (χ4n) is 6.74. The first-order valence-electron chi connectivity index (χ1n) is 13.0. The van der Waals surface area contributed by atoms with Crippen molar-refractivity contribution in [2.75, 3.05) is 0 Å². The van der Waals surface area contributed by atoms with Crippen LogP contribution in [0.2, 0.25) is 0 Å². The maximum atomic E-state index is 14.6. The van der Waals surface area contributed by atoms with E-state index in [9.17, 15) is 28.9 Å². The second kappa shape index (κ2) is 8.85. The van der Waals surface area contributed by atoms with Gasteiger partial charge in [0, 0.05) is 34.7 Å². The van der Waals surface area contributed by atoms with Gasteiger partial charge < -0.3 is 0 Å². The first-order valence-corrected chi connectivity index (χ1v) is 13.0. The molecule has 0 bridgehead atoms. The highest BCUT2D eigenvalue weighted by Gasteiger charge is 2.72. The summed E-state index contributed by atoms with van der Waals surface area (Å²) >= 11 is 0. The Morgan fingerprint density at radius 2 is 1.46 bits per heavy atom. The van der Waals surface area contributed by atoms with Crippen LogP contribution in [0.3, 0.4) is 0 Å². The highest BCUT2D eigenvalue weighted by Crippen LogP contribution is 2.64. The van der Waals surface area contributed by atoms with Gasteiger partial charge in [0.15, 0.2) is 17.3 Å². The predicted octanol–water partition coefficient (Wildman–Crippen LogP) is 5.54. The van der Waals surface area contributed by atoms with Crippen LogP contribution in [-0.2, 0) is 0 Å². The number of ketones is 3. The zero-order valence-electron chi connectivity index (χ0n) is 21.3. The molecule has 0 amide bonds. The Balaban J connectivity index is 1.54. The van der Waals surface area contributed by atoms with Crippen LogP contribution < -0.4 is 0 Å². The number of carbonyl (C=O) groups excluding carboxylic acids is 3. The molecule has 1 fully saturated rings. The summed E-state index contributed by atoms with van der Waals surface area (Å²) in [6.45, 7) is 0. The van der Waals surface area contributed by atoms with Crippen molar-refractivity contribution in [3.8, 4) is 0 Å². The maximum absolute atomic E-state index is 14.6. The van der Waals surface area contributed by atoms with E-state index in [1.54, 1.807) is 36.5 Å². The maximum Gasteiger partial charge on any atom is 0.269 e. The van der Waals surface area contributed by atoms with Crippen LogP contribution in [0.4, 0.5) is 10.1 Å². The summed E-state index contributed by atoms with van der Waals surface area (Å²) in [5, 5.41) is 17.6. The number of Topliss-reactive ketones (excluding diaryl/α,β-unsaturated/α-hetero) is 3. The Labute approximate surface area is 232 Å². The Morgan fingerprint density at radius 1 is 0.854 bits per heavy atom. The molecule has 3 atom stereocenters. The van der Waals surface area contributed by atoms with E-state index in [2.05, 4.69) is 5.10 Å². The van der Waals surface area contributed by atoms with Crippen molar-refractivity contribution < 1.29 is 23.7 Å². The molecule has 7 rings (SSSR count). The third kappa shape index (κ3) is 3.32. The largest absolute Gasteiger partial charge is 0.293 e. The van der Waals surface area contributed by atoms with Crippen molar-refractivity contribution in [3.63, 3.8) is 0 Å². The van der Waals surface area contributed by atoms with Gasteiger partial charge >= 0.3 is 0 Å². The van der Waals surface area contributed by atoms with E-state index in [-0.39, 0.29) is 22.4 Å². The molecule has 2 aliphatic heterocycles. The van der Waals surface area contributed by atoms with Gasteiger partial charge in [0.1, 0.15) is 17.3 Å². The van der Waals surface area contributed by atoms with Crippen LogP contribution in [0.15, 0.2) is 102 Å². The third-order valence-corrected chi connectivity index (χ3v) is 8.44. The molecule has 0 unspecified atom stereocenters. The lowest BCUT2D eigenvalue weighted by Crippen LogP contribution is -2.43. The number of rotatable bonds is 4. The minimum atomic E-state index is -1.80. The average molecular weight is 546 g/mol. The molecule has 0 aromatic heterocycles. The van der Waals surface area contributed by atoms with Crippen molar-refractivity contribution in [2.45, 2.75) is 18.0 Å². The monoisotopic (exact) mass is 545 g/mol. The van der Waals surface area contributed by atoms with Gasteiger partial charge in [-0.05, 0) is 41.0 Å². The number of halogens is 1. The summed E-state index contributed by atoms with van der Waals surface area (Å²) in [6, 6.07) is 22.4. The molecular weight excluding hydrogens is 525 g/mol. The number of nitro groups is 1. The Hall–Kier alpha value is -5.31. The van der Waals surface area contributed by atoms with Gasteiger partial charge in [0.2, 0.25) is 0 Å². The number of non-ortho nitro benzene ring substituents is 1. The molecule has 0 N–H and O–H groups in total. The smallest absolute Gasteiger partial charge is 0.269 e. The molecule has 3 aliphatic rings. The van der Waals surface area contributed by atoms with Crippen LogP contribution in [-0.4, -0.2) is 39.5 Å². The lowest BCUT2D eigenvalue weighted by molar-refractivity contribution is -0.384. The van der Waals surface area contributed by atoms with Crippen molar-refractivity contribution in [1.82, 2.24) is 5.01 Å². The van der Waals surface area contributed by atoms with E-state index in [0.29, 0.717) is 16.7 Å². The first-order chi connectivity index (χ1) is 19.8. The molecule has 1 aliphatic carbocycles. The van der Waals surface area contributed by atoms with Crippen LogP contribution in [0.5, 0.6) is 0 Å². The van der Waals surface area contributed by atoms with Crippen LogP contribution >= 0.6 is 0 Å². The molecule has 0 saturated carbocycles. The number of carbonyl (C=O) groups is 3. The Kier molecular flexibility index (Phi) is 5.34. The second-order valence-corrected chi connectivity index (χ2v) is 10.4. The molecule has 41 heavy (non-hydrogen) atoms. The minimum absolute atomic E-state index is 0.171. The average Bonchev–Trinajstić information content (AvgIpc) is 3.43. The van der Waals surface area contributed by atoms with Crippen LogP contribution in [0, 0.1) is 21.3 Å². The van der Waals surface area contributed by atoms with Gasteiger partial charge in [-0.1, -0.05) is 60.7 Å². The summed E-state index contributed by atoms with van der Waals surface area (Å²) in [5.41, 5.74) is 0.512. The van der Waals surface area contributed by atoms with Crippen molar-refractivity contribution in [2.24, 2.45) is 10.5 Å². The normalized spacial score (nSPS) is 21.5. The van der Waals surface area contributed by atoms with Crippen molar-refractivity contribution in [1.29, 1.82) is 0 Å². The van der Waals surface area contributed by atoms with Crippen molar-refractivity contribution >= 4 is 29.3 Å². The molecule has 1 spiro atoms. The van der Waals surface area contributed by atoms with E-state index < -0.39 is 51.5 Å². The Bertz CT molecular complexity index is 1780. The Morgan fingerprint density at radius 3 is 2.10 bits per heavy atom. The standard InChI is InChI=1S/C32H20FN3O5/c33-21-13-9-19(10-14-21)28(37)27-26(18-11-15-22(16-12-18)36(40)41)32(30(38)24-7-3-4-8-25(24)31(32)39)29-23-6-2-1-5-20(23)17-34-35(27)29/h1-17,26-27,29H/t26-,27+,29-/m1/s1. The number of hydrazone groups is 1. The number of hydrogen-bond donors (Lipinski definition) is 0. The van der Waals surface area contributed by atoms with Gasteiger partial charge in [-0.15, -0.1) is 0 Å². The SMILES string of the molecule is O=C(c1ccc(F)cc1)[C@@H]1[C@@H](c2ccc([N+](=O)[O-])cc2)C2(C(=O)c3ccccc3C2=O)[C@H]2c3ccccc3C=NN12. The predicted molar refractivity (Wildman–Crippen MR) is 147 cm³/mol. The van der Waals surface area contributed by atoms with Gasteiger partial charge in [-0.3, -0.25) is 29.5 Å². The molecule has 4 aromatic rings. The van der Waals surface area contributed by atoms with E-state index in [0.717, 1.165) is 0 Å². The van der Waals surface area contributed by atoms with E-state index >= 15 is 0 Å². The summed E-state index contributed by atoms with van der Waals surface area (Å²) in [7, 11) is 0.